The quantitative estimate of drug-likeness (QED) is 0.582. The van der Waals surface area contributed by atoms with Crippen molar-refractivity contribution in [2.75, 3.05) is 0 Å². The van der Waals surface area contributed by atoms with Gasteiger partial charge in [0.25, 0.3) is 5.91 Å². The molecule has 3 heterocycles. The maximum Gasteiger partial charge on any atom is 0.325 e. The molecule has 3 aromatic rings. The molecular formula is C17H12BrClN4O3S. The van der Waals surface area contributed by atoms with Gasteiger partial charge in [-0.25, -0.2) is 4.79 Å². The van der Waals surface area contributed by atoms with Gasteiger partial charge in [0.1, 0.15) is 6.54 Å². The van der Waals surface area contributed by atoms with Crippen LogP contribution in [0.3, 0.4) is 0 Å². The maximum atomic E-state index is 12.9. The van der Waals surface area contributed by atoms with Crippen molar-refractivity contribution in [1.82, 2.24) is 20.4 Å². The van der Waals surface area contributed by atoms with Crippen LogP contribution in [0.25, 0.3) is 11.5 Å². The second-order valence-electron chi connectivity index (χ2n) is 6.03. The lowest BCUT2D eigenvalue weighted by atomic mass is 10.0. The number of aromatic nitrogens is 2. The highest BCUT2D eigenvalue weighted by Crippen LogP contribution is 2.36. The predicted octanol–water partition coefficient (Wildman–Crippen LogP) is 4.18. The summed E-state index contributed by atoms with van der Waals surface area (Å²) >= 11 is 10.9. The average Bonchev–Trinajstić information content (AvgIpc) is 3.32. The number of nitrogens with zero attached hydrogens (tertiary/aromatic N) is 3. The lowest BCUT2D eigenvalue weighted by Gasteiger charge is -2.19. The van der Waals surface area contributed by atoms with Crippen LogP contribution in [0.1, 0.15) is 17.7 Å². The monoisotopic (exact) mass is 466 g/mol. The fourth-order valence-corrected chi connectivity index (χ4v) is 4.48. The van der Waals surface area contributed by atoms with Crippen molar-refractivity contribution >= 4 is 50.8 Å². The molecule has 2 aromatic heterocycles. The summed E-state index contributed by atoms with van der Waals surface area (Å²) in [6, 6.07) is 10.2. The van der Waals surface area contributed by atoms with Gasteiger partial charge in [-0.1, -0.05) is 23.7 Å². The van der Waals surface area contributed by atoms with Crippen LogP contribution in [0.2, 0.25) is 5.02 Å². The van der Waals surface area contributed by atoms with Crippen LogP contribution in [-0.2, 0) is 16.9 Å². The number of thiophene rings is 1. The highest BCUT2D eigenvalue weighted by atomic mass is 79.9. The highest BCUT2D eigenvalue weighted by Gasteiger charge is 2.50. The Kier molecular flexibility index (Phi) is 4.53. The largest absolute Gasteiger partial charge is 0.419 e. The molecule has 1 saturated heterocycles. The van der Waals surface area contributed by atoms with Crippen LogP contribution in [0.4, 0.5) is 4.79 Å². The summed E-state index contributed by atoms with van der Waals surface area (Å²) in [7, 11) is 0. The van der Waals surface area contributed by atoms with Gasteiger partial charge in [-0.3, -0.25) is 9.69 Å². The normalized spacial score (nSPS) is 19.6. The zero-order valence-corrected chi connectivity index (χ0v) is 17.1. The van der Waals surface area contributed by atoms with Gasteiger partial charge in [-0.05, 0) is 47.1 Å². The zero-order valence-electron chi connectivity index (χ0n) is 13.9. The van der Waals surface area contributed by atoms with E-state index in [0.29, 0.717) is 10.6 Å². The number of benzene rings is 1. The number of rotatable bonds is 4. The van der Waals surface area contributed by atoms with Gasteiger partial charge in [0.2, 0.25) is 11.8 Å². The van der Waals surface area contributed by atoms with Crippen LogP contribution < -0.4 is 5.32 Å². The van der Waals surface area contributed by atoms with E-state index in [1.54, 1.807) is 37.3 Å². The Balaban J connectivity index is 1.58. The number of halogens is 2. The van der Waals surface area contributed by atoms with Crippen LogP contribution >= 0.6 is 38.9 Å². The first-order valence-corrected chi connectivity index (χ1v) is 9.84. The second-order valence-corrected chi connectivity index (χ2v) is 8.90. The smallest absolute Gasteiger partial charge is 0.325 e. The molecule has 1 aromatic carbocycles. The molecule has 3 amide bonds. The fraction of sp³-hybridized carbons (Fsp3) is 0.176. The van der Waals surface area contributed by atoms with E-state index in [2.05, 4.69) is 31.4 Å². The number of imide groups is 1. The first-order chi connectivity index (χ1) is 12.9. The summed E-state index contributed by atoms with van der Waals surface area (Å²) in [6.45, 7) is 1.55. The Bertz CT molecular complexity index is 1050. The Morgan fingerprint density at radius 2 is 2.04 bits per heavy atom. The summed E-state index contributed by atoms with van der Waals surface area (Å²) in [6.07, 6.45) is 0. The Hall–Kier alpha value is -2.23. The molecule has 1 N–H and O–H groups in total. The molecule has 138 valence electrons. The standard InChI is InChI=1S/C17H12BrClN4O3S/c1-17(11-6-7-12(18)27-11)15(24)23(16(25)20-17)8-13-21-22-14(26-13)9-4-2-3-5-10(9)19/h2-7H,8H2,1H3,(H,20,25). The van der Waals surface area contributed by atoms with Crippen molar-refractivity contribution in [3.8, 4) is 11.5 Å². The molecule has 1 fully saturated rings. The molecule has 0 radical (unpaired) electrons. The molecule has 1 unspecified atom stereocenters. The summed E-state index contributed by atoms with van der Waals surface area (Å²) in [5, 5.41) is 11.1. The van der Waals surface area contributed by atoms with Crippen molar-refractivity contribution in [3.05, 3.63) is 56.0 Å². The third-order valence-electron chi connectivity index (χ3n) is 4.21. The van der Waals surface area contributed by atoms with E-state index in [1.807, 2.05) is 6.07 Å². The Labute approximate surface area is 171 Å². The summed E-state index contributed by atoms with van der Waals surface area (Å²) in [5.74, 6) is -0.00280. The molecule has 10 heteroatoms. The number of hydrogen-bond donors (Lipinski definition) is 1. The number of hydrogen-bond acceptors (Lipinski definition) is 6. The lowest BCUT2D eigenvalue weighted by Crippen LogP contribution is -2.40. The van der Waals surface area contributed by atoms with E-state index in [-0.39, 0.29) is 24.2 Å². The van der Waals surface area contributed by atoms with Gasteiger partial charge in [0.05, 0.1) is 14.4 Å². The third kappa shape index (κ3) is 3.15. The minimum absolute atomic E-state index is 0.121. The minimum atomic E-state index is -1.13. The highest BCUT2D eigenvalue weighted by molar-refractivity contribution is 9.11. The number of carbonyl (C=O) groups is 2. The third-order valence-corrected chi connectivity index (χ3v) is 6.38. The van der Waals surface area contributed by atoms with E-state index >= 15 is 0 Å². The van der Waals surface area contributed by atoms with Crippen LogP contribution in [0.5, 0.6) is 0 Å². The van der Waals surface area contributed by atoms with E-state index in [1.165, 1.54) is 11.3 Å². The minimum Gasteiger partial charge on any atom is -0.419 e. The molecule has 1 aliphatic heterocycles. The van der Waals surface area contributed by atoms with Crippen molar-refractivity contribution in [2.45, 2.75) is 19.0 Å². The summed E-state index contributed by atoms with van der Waals surface area (Å²) in [4.78, 5) is 27.1. The van der Waals surface area contributed by atoms with Crippen LogP contribution in [-0.4, -0.2) is 27.0 Å². The van der Waals surface area contributed by atoms with Crippen molar-refractivity contribution in [3.63, 3.8) is 0 Å². The molecule has 0 bridgehead atoms. The fourth-order valence-electron chi connectivity index (χ4n) is 2.79. The van der Waals surface area contributed by atoms with Gasteiger partial charge in [-0.15, -0.1) is 21.5 Å². The Morgan fingerprint density at radius 3 is 2.74 bits per heavy atom. The molecule has 0 spiro atoms. The van der Waals surface area contributed by atoms with E-state index in [4.69, 9.17) is 16.0 Å². The van der Waals surface area contributed by atoms with E-state index < -0.39 is 11.6 Å². The summed E-state index contributed by atoms with van der Waals surface area (Å²) < 4.78 is 6.48. The van der Waals surface area contributed by atoms with Crippen LogP contribution in [0, 0.1) is 0 Å². The SMILES string of the molecule is CC1(c2ccc(Br)s2)NC(=O)N(Cc2nnc(-c3ccccc3Cl)o2)C1=O. The second kappa shape index (κ2) is 6.74. The maximum absolute atomic E-state index is 12.9. The van der Waals surface area contributed by atoms with Crippen molar-refractivity contribution in [1.29, 1.82) is 0 Å². The molecule has 0 aliphatic carbocycles. The van der Waals surface area contributed by atoms with E-state index in [0.717, 1.165) is 13.6 Å². The first kappa shape index (κ1) is 18.1. The molecule has 27 heavy (non-hydrogen) atoms. The average molecular weight is 468 g/mol. The Morgan fingerprint density at radius 1 is 1.26 bits per heavy atom. The van der Waals surface area contributed by atoms with Gasteiger partial charge in [0, 0.05) is 4.88 Å². The summed E-state index contributed by atoms with van der Waals surface area (Å²) in [5.41, 5.74) is -0.539. The first-order valence-electron chi connectivity index (χ1n) is 7.85. The predicted molar refractivity (Wildman–Crippen MR) is 103 cm³/mol. The topological polar surface area (TPSA) is 88.3 Å². The van der Waals surface area contributed by atoms with Gasteiger partial charge >= 0.3 is 6.03 Å². The number of nitrogens with one attached hydrogen (secondary N) is 1. The molecular weight excluding hydrogens is 456 g/mol. The molecule has 4 rings (SSSR count). The number of carbonyl (C=O) groups excluding carboxylic acids is 2. The molecule has 1 atom stereocenters. The number of urea groups is 1. The molecule has 0 saturated carbocycles. The molecule has 1 aliphatic rings. The molecule has 7 nitrogen and oxygen atoms in total. The van der Waals surface area contributed by atoms with Gasteiger partial charge in [-0.2, -0.15) is 0 Å². The van der Waals surface area contributed by atoms with Crippen LogP contribution in [0.15, 0.2) is 44.6 Å². The number of amides is 3. The lowest BCUT2D eigenvalue weighted by molar-refractivity contribution is -0.131. The van der Waals surface area contributed by atoms with Crippen molar-refractivity contribution < 1.29 is 14.0 Å². The van der Waals surface area contributed by atoms with Gasteiger partial charge < -0.3 is 9.73 Å². The van der Waals surface area contributed by atoms with E-state index in [9.17, 15) is 9.59 Å². The zero-order chi connectivity index (χ0) is 19.2. The van der Waals surface area contributed by atoms with Gasteiger partial charge in [0.15, 0.2) is 5.54 Å². The van der Waals surface area contributed by atoms with Crippen molar-refractivity contribution in [2.24, 2.45) is 0 Å².